The van der Waals surface area contributed by atoms with Gasteiger partial charge in [0.2, 0.25) is 15.9 Å². The van der Waals surface area contributed by atoms with Gasteiger partial charge in [0.05, 0.1) is 17.5 Å². The Bertz CT molecular complexity index is 1160. The molecule has 0 bridgehead atoms. The number of carbonyl (C=O) groups excluding carboxylic acids is 1. The second kappa shape index (κ2) is 9.40. The van der Waals surface area contributed by atoms with Crippen molar-refractivity contribution in [3.8, 4) is 0 Å². The van der Waals surface area contributed by atoms with Gasteiger partial charge < -0.3 is 9.73 Å². The summed E-state index contributed by atoms with van der Waals surface area (Å²) in [6.07, 6.45) is 0.604. The molecule has 0 radical (unpaired) electrons. The molecule has 1 atom stereocenters. The number of furan rings is 1. The number of amides is 1. The van der Waals surface area contributed by atoms with Gasteiger partial charge >= 0.3 is 0 Å². The summed E-state index contributed by atoms with van der Waals surface area (Å²) in [4.78, 5) is 14.6. The molecular weight excluding hydrogens is 433 g/mol. The first kappa shape index (κ1) is 22.4. The fraction of sp³-hybridized carbons (Fsp3) is 0.348. The van der Waals surface area contributed by atoms with Gasteiger partial charge in [0.25, 0.3) is 0 Å². The van der Waals surface area contributed by atoms with Crippen molar-refractivity contribution in [1.82, 2.24) is 14.5 Å². The lowest BCUT2D eigenvalue weighted by atomic mass is 10.2. The van der Waals surface area contributed by atoms with E-state index in [9.17, 15) is 17.6 Å². The van der Waals surface area contributed by atoms with Crippen LogP contribution in [0.3, 0.4) is 0 Å². The molecule has 0 aliphatic carbocycles. The quantitative estimate of drug-likeness (QED) is 0.612. The number of nitrogens with one attached hydrogen (secondary N) is 1. The lowest BCUT2D eigenvalue weighted by molar-refractivity contribution is -0.123. The first-order valence-electron chi connectivity index (χ1n) is 10.6. The molecule has 170 valence electrons. The third-order valence-electron chi connectivity index (χ3n) is 5.61. The Balaban J connectivity index is 1.33. The van der Waals surface area contributed by atoms with Gasteiger partial charge in [0, 0.05) is 25.0 Å². The van der Waals surface area contributed by atoms with E-state index >= 15 is 0 Å². The molecule has 3 aromatic rings. The van der Waals surface area contributed by atoms with Gasteiger partial charge in [-0.15, -0.1) is 0 Å². The molecule has 1 saturated heterocycles. The van der Waals surface area contributed by atoms with Crippen LogP contribution in [0.15, 0.2) is 63.9 Å². The van der Waals surface area contributed by atoms with Gasteiger partial charge in [-0.2, -0.15) is 4.31 Å². The summed E-state index contributed by atoms with van der Waals surface area (Å²) >= 11 is 0. The predicted octanol–water partition coefficient (Wildman–Crippen LogP) is 3.15. The Morgan fingerprint density at radius 1 is 1.09 bits per heavy atom. The lowest BCUT2D eigenvalue weighted by Crippen LogP contribution is -2.40. The van der Waals surface area contributed by atoms with E-state index in [1.807, 2.05) is 42.2 Å². The smallest absolute Gasteiger partial charge is 0.243 e. The van der Waals surface area contributed by atoms with Crippen LogP contribution in [0.5, 0.6) is 0 Å². The van der Waals surface area contributed by atoms with Gasteiger partial charge in [0.1, 0.15) is 17.2 Å². The Hall–Kier alpha value is -2.75. The molecule has 32 heavy (non-hydrogen) atoms. The van der Waals surface area contributed by atoms with Crippen molar-refractivity contribution < 1.29 is 22.0 Å². The number of rotatable bonds is 6. The number of hydrogen-bond donors (Lipinski definition) is 1. The number of hydrogen-bond acceptors (Lipinski definition) is 5. The number of halogens is 1. The third-order valence-corrected chi connectivity index (χ3v) is 7.53. The molecule has 2 heterocycles. The number of nitrogens with zero attached hydrogens (tertiary/aromatic N) is 2. The van der Waals surface area contributed by atoms with Crippen molar-refractivity contribution in [2.24, 2.45) is 0 Å². The average molecular weight is 460 g/mol. The van der Waals surface area contributed by atoms with E-state index in [0.717, 1.165) is 23.1 Å². The Morgan fingerprint density at radius 3 is 2.59 bits per heavy atom. The van der Waals surface area contributed by atoms with Crippen LogP contribution in [-0.4, -0.2) is 56.3 Å². The summed E-state index contributed by atoms with van der Waals surface area (Å²) < 4.78 is 46.1. The van der Waals surface area contributed by atoms with Crippen LogP contribution in [0.1, 0.15) is 25.1 Å². The van der Waals surface area contributed by atoms with Crippen molar-refractivity contribution in [2.45, 2.75) is 24.3 Å². The van der Waals surface area contributed by atoms with Crippen LogP contribution in [0.4, 0.5) is 4.39 Å². The molecule has 1 N–H and O–H groups in total. The molecule has 1 aliphatic heterocycles. The lowest BCUT2D eigenvalue weighted by Gasteiger charge is -2.22. The SMILES string of the molecule is C[C@H](NC(=O)CN1CCCN(S(=O)(=O)c2ccc(F)cc2)CC1)c1cc2ccccc2o1. The van der Waals surface area contributed by atoms with E-state index in [2.05, 4.69) is 5.32 Å². The van der Waals surface area contributed by atoms with E-state index in [1.165, 1.54) is 16.4 Å². The minimum atomic E-state index is -3.69. The first-order valence-corrected chi connectivity index (χ1v) is 12.0. The van der Waals surface area contributed by atoms with E-state index in [4.69, 9.17) is 4.42 Å². The zero-order valence-corrected chi connectivity index (χ0v) is 18.6. The topological polar surface area (TPSA) is 82.9 Å². The Kier molecular flexibility index (Phi) is 6.59. The third kappa shape index (κ3) is 5.01. The molecule has 1 aromatic heterocycles. The summed E-state index contributed by atoms with van der Waals surface area (Å²) in [6, 6.07) is 14.2. The monoisotopic (exact) mass is 459 g/mol. The summed E-state index contributed by atoms with van der Waals surface area (Å²) in [5.74, 6) is 0.0636. The van der Waals surface area contributed by atoms with E-state index in [1.54, 1.807) is 0 Å². The Labute approximate surface area is 186 Å². The van der Waals surface area contributed by atoms with Gasteiger partial charge in [-0.05, 0) is 56.3 Å². The van der Waals surface area contributed by atoms with Crippen LogP contribution in [0.2, 0.25) is 0 Å². The van der Waals surface area contributed by atoms with Gasteiger partial charge in [0.15, 0.2) is 0 Å². The zero-order chi connectivity index (χ0) is 22.7. The highest BCUT2D eigenvalue weighted by Gasteiger charge is 2.27. The molecule has 1 fully saturated rings. The number of benzene rings is 2. The van der Waals surface area contributed by atoms with Crippen LogP contribution in [0.25, 0.3) is 11.0 Å². The van der Waals surface area contributed by atoms with E-state index in [0.29, 0.717) is 31.8 Å². The van der Waals surface area contributed by atoms with Gasteiger partial charge in [-0.1, -0.05) is 18.2 Å². The summed E-state index contributed by atoms with van der Waals surface area (Å²) in [5.41, 5.74) is 0.776. The average Bonchev–Trinajstić information content (AvgIpc) is 3.06. The maximum Gasteiger partial charge on any atom is 0.243 e. The summed E-state index contributed by atoms with van der Waals surface area (Å²) in [6.45, 7) is 3.72. The fourth-order valence-corrected chi connectivity index (χ4v) is 5.35. The molecule has 0 spiro atoms. The van der Waals surface area contributed by atoms with Crippen molar-refractivity contribution in [3.05, 3.63) is 66.2 Å². The minimum Gasteiger partial charge on any atom is -0.459 e. The number of carbonyl (C=O) groups is 1. The van der Waals surface area contributed by atoms with Crippen molar-refractivity contribution in [2.75, 3.05) is 32.7 Å². The second-order valence-electron chi connectivity index (χ2n) is 7.96. The van der Waals surface area contributed by atoms with Crippen molar-refractivity contribution in [1.29, 1.82) is 0 Å². The molecule has 1 aliphatic rings. The highest BCUT2D eigenvalue weighted by molar-refractivity contribution is 7.89. The zero-order valence-electron chi connectivity index (χ0n) is 17.8. The van der Waals surface area contributed by atoms with Gasteiger partial charge in [-0.25, -0.2) is 12.8 Å². The minimum absolute atomic E-state index is 0.0738. The highest BCUT2D eigenvalue weighted by Crippen LogP contribution is 2.23. The molecule has 2 aromatic carbocycles. The predicted molar refractivity (Wildman–Crippen MR) is 119 cm³/mol. The van der Waals surface area contributed by atoms with Crippen LogP contribution < -0.4 is 5.32 Å². The molecule has 0 saturated carbocycles. The number of sulfonamides is 1. The fourth-order valence-electron chi connectivity index (χ4n) is 3.88. The summed E-state index contributed by atoms with van der Waals surface area (Å²) in [5, 5.41) is 3.94. The largest absolute Gasteiger partial charge is 0.459 e. The second-order valence-corrected chi connectivity index (χ2v) is 9.90. The molecule has 4 rings (SSSR count). The van der Waals surface area contributed by atoms with E-state index < -0.39 is 15.8 Å². The molecular formula is C23H26FN3O4S. The van der Waals surface area contributed by atoms with Gasteiger partial charge in [-0.3, -0.25) is 9.69 Å². The van der Waals surface area contributed by atoms with Crippen LogP contribution >= 0.6 is 0 Å². The normalized spacial score (nSPS) is 17.2. The van der Waals surface area contributed by atoms with Crippen LogP contribution in [-0.2, 0) is 14.8 Å². The standard InChI is InChI=1S/C23H26FN3O4S/c1-17(22-15-18-5-2-3-6-21(18)31-22)25-23(28)16-26-11-4-12-27(14-13-26)32(29,30)20-9-7-19(24)8-10-20/h2-3,5-10,15,17H,4,11-14,16H2,1H3,(H,25,28)/t17-/m0/s1. The summed E-state index contributed by atoms with van der Waals surface area (Å²) in [7, 11) is -3.69. The first-order chi connectivity index (χ1) is 15.3. The molecule has 9 heteroatoms. The number of para-hydroxylation sites is 1. The number of fused-ring (bicyclic) bond motifs is 1. The van der Waals surface area contributed by atoms with Crippen LogP contribution in [0, 0.1) is 5.82 Å². The highest BCUT2D eigenvalue weighted by atomic mass is 32.2. The van der Waals surface area contributed by atoms with E-state index in [-0.39, 0.29) is 29.9 Å². The maximum absolute atomic E-state index is 13.1. The molecule has 7 nitrogen and oxygen atoms in total. The molecule has 1 amide bonds. The maximum atomic E-state index is 13.1. The molecule has 0 unspecified atom stereocenters. The van der Waals surface area contributed by atoms with Crippen molar-refractivity contribution >= 4 is 26.9 Å². The Morgan fingerprint density at radius 2 is 1.84 bits per heavy atom. The van der Waals surface area contributed by atoms with Crippen molar-refractivity contribution in [3.63, 3.8) is 0 Å².